The van der Waals surface area contributed by atoms with Gasteiger partial charge in [0.25, 0.3) is 41.0 Å². The van der Waals surface area contributed by atoms with E-state index in [1.165, 1.54) is 137 Å². The Labute approximate surface area is 881 Å². The molecule has 11 rings (SSSR count). The quantitative estimate of drug-likeness (QED) is 0.0119. The Balaban J connectivity index is 0.000000408. The third-order valence-corrected chi connectivity index (χ3v) is 27.3. The van der Waals surface area contributed by atoms with Gasteiger partial charge >= 0.3 is 0 Å². The number of ether oxygens (including phenoxy) is 9. The summed E-state index contributed by atoms with van der Waals surface area (Å²) in [4.78, 5) is 166. The maximum absolute atomic E-state index is 13.7. The number of aryl methyl sites for hydroxylation is 4. The molecule has 8 atom stereocenters. The summed E-state index contributed by atoms with van der Waals surface area (Å²) in [7, 11) is 13.1. The molecule has 0 aromatic heterocycles. The first-order chi connectivity index (χ1) is 69.6. The third-order valence-electron chi connectivity index (χ3n) is 27.3. The zero-order chi connectivity index (χ0) is 105. The number of amides is 8. The van der Waals surface area contributed by atoms with Crippen LogP contribution >= 0.6 is 0 Å². The lowest BCUT2D eigenvalue weighted by molar-refractivity contribution is -0.156. The number of hydrogen-bond donors (Lipinski definition) is 4. The van der Waals surface area contributed by atoms with E-state index in [9.17, 15) is 57.5 Å². The topological polar surface area (TPSA) is 349 Å². The van der Waals surface area contributed by atoms with Crippen LogP contribution in [0, 0.1) is 5.41 Å². The number of hydrogen-bond acceptors (Lipinski definition) is 21. The molecular weight excluding hydrogens is 1880 g/mol. The number of likely N-dealkylation sites (tertiary alicyclic amines) is 4. The van der Waals surface area contributed by atoms with Gasteiger partial charge in [0, 0.05) is 66.4 Å². The van der Waals surface area contributed by atoms with Gasteiger partial charge < -0.3 is 83.5 Å². The number of rotatable bonds is 48. The van der Waals surface area contributed by atoms with Crippen LogP contribution in [0.5, 0.6) is 51.7 Å². The molecule has 0 aliphatic carbocycles. The molecule has 0 saturated carbocycles. The zero-order valence-corrected chi connectivity index (χ0v) is 87.7. The Morgan fingerprint density at radius 3 is 0.811 bits per heavy atom. The van der Waals surface area contributed by atoms with Crippen LogP contribution in [0.2, 0.25) is 0 Å². The Kier molecular flexibility index (Phi) is 57.6. The number of nitrogens with zero attached hydrogens (tertiary/aromatic N) is 4. The third kappa shape index (κ3) is 36.2. The van der Waals surface area contributed by atoms with Gasteiger partial charge in [0.15, 0.2) is 34.5 Å². The number of allylic oxidation sites excluding steroid dienone is 1. The molecule has 7 aromatic rings. The summed E-state index contributed by atoms with van der Waals surface area (Å²) >= 11 is 0. The van der Waals surface area contributed by atoms with E-state index in [2.05, 4.69) is 76.7 Å². The SMILES string of the molecule is C.C.C.C.C/C=C\C1CCCC(C(=O)NCCCCc2ccccc2)N1C(=O)C(=O)c1cc(OC)c(OC)c(OC)c1.CCCC1CCCC(C(=O)NCCCCc2ccccc2)N1C(=O)C(=O)C(C)(C)CC.CCCC1CCCC(C(=O)NCCCCc2ccccc2)N1C(=O)C(=O)c1cc(OC)c(OC)c(OC)c1.CCCC1CCCC(C(=O)NCCCc2ccccc2)N1C(=O)C(=O)c1cc(OC)c(OC)c(OC)c1. The molecule has 29 nitrogen and oxygen atoms in total. The van der Waals surface area contributed by atoms with E-state index in [4.69, 9.17) is 42.6 Å². The monoisotopic (exact) mass is 2050 g/mol. The standard InChI is InChI=1S/C30H40N2O6.C30H38N2O6.C29H38N2O6.C26H40N2O3.4CH4/c2*1-5-12-23-16-11-17-24(29(34)31-18-10-9-15-21-13-7-6-8-14-21)32(23)30(35)27(33)22-19-25(36-2)28(38-4)26(20-22)37-3;1-5-11-22-15-9-16-23(28(33)30-17-10-14-20-12-7-6-8-13-20)31(22)29(34)26(32)21-18-24(35-2)27(37-4)25(19-21)36-3;1-5-13-21-17-12-18-22(28(21)25(31)23(29)26(3,4)6-2)24(30)27-19-11-10-16-20-14-8-7-9-15-20;;;;/h6-8,13-14,19-20,23-24H,5,9-12,15-18H2,1-4H3,(H,31,34);5-8,12-14,19-20,23-24H,9-11,15-18H2,1-4H3,(H,31,34);6-8,12-13,18-19,22-23H,5,9-11,14-17H2,1-4H3,(H,30,33);7-9,14-15,21-22H,5-6,10-13,16-19H2,1-4H3,(H,27,30);4*1H4/b;12-5-;;;;;;. The summed E-state index contributed by atoms with van der Waals surface area (Å²) < 4.78 is 48.1. The molecule has 4 aliphatic heterocycles. The van der Waals surface area contributed by atoms with Gasteiger partial charge in [-0.1, -0.05) is 224 Å². The zero-order valence-electron chi connectivity index (χ0n) is 87.7. The van der Waals surface area contributed by atoms with Crippen LogP contribution in [0.3, 0.4) is 0 Å². The van der Waals surface area contributed by atoms with Crippen molar-refractivity contribution in [3.63, 3.8) is 0 Å². The molecule has 4 saturated heterocycles. The molecule has 0 bridgehead atoms. The Hall–Kier alpha value is -13.1. The van der Waals surface area contributed by atoms with Crippen LogP contribution < -0.4 is 63.9 Å². The molecule has 4 N–H and O–H groups in total. The molecule has 4 heterocycles. The molecule has 8 unspecified atom stereocenters. The minimum atomic E-state index is -0.735. The lowest BCUT2D eigenvalue weighted by atomic mass is 9.83. The number of benzene rings is 7. The second kappa shape index (κ2) is 67.0. The Morgan fingerprint density at radius 1 is 0.318 bits per heavy atom. The summed E-state index contributed by atoms with van der Waals surface area (Å²) in [5.41, 5.74) is 4.71. The first kappa shape index (κ1) is 127. The molecular formula is C119H172N8O21. The number of carbonyl (C=O) groups excluding carboxylic acids is 12. The summed E-state index contributed by atoms with van der Waals surface area (Å²) in [6.07, 6.45) is 27.8. The number of methoxy groups -OCH3 is 9. The van der Waals surface area contributed by atoms with E-state index < -0.39 is 70.6 Å². The average Bonchev–Trinajstić information content (AvgIpc) is 0.799. The average molecular weight is 2050 g/mol. The van der Waals surface area contributed by atoms with E-state index in [1.807, 2.05) is 126 Å². The smallest absolute Gasteiger partial charge is 0.296 e. The highest BCUT2D eigenvalue weighted by atomic mass is 16.5. The molecule has 148 heavy (non-hydrogen) atoms. The summed E-state index contributed by atoms with van der Waals surface area (Å²) in [5.74, 6) is -3.14. The molecule has 8 amide bonds. The van der Waals surface area contributed by atoms with Gasteiger partial charge in [-0.25, -0.2) is 0 Å². The number of unbranched alkanes of at least 4 members (excludes halogenated alkanes) is 3. The predicted molar refractivity (Wildman–Crippen MR) is 585 cm³/mol. The Bertz CT molecular complexity index is 5230. The Morgan fingerprint density at radius 2 is 0.561 bits per heavy atom. The van der Waals surface area contributed by atoms with Crippen LogP contribution in [0.4, 0.5) is 0 Å². The molecule has 0 radical (unpaired) electrons. The number of nitrogens with one attached hydrogen (secondary N) is 4. The van der Waals surface area contributed by atoms with E-state index in [0.717, 1.165) is 154 Å². The first-order valence-corrected chi connectivity index (χ1v) is 51.4. The predicted octanol–water partition coefficient (Wildman–Crippen LogP) is 20.4. The van der Waals surface area contributed by atoms with Gasteiger partial charge in [-0.3, -0.25) is 57.5 Å². The van der Waals surface area contributed by atoms with Crippen molar-refractivity contribution in [3.05, 3.63) is 209 Å². The van der Waals surface area contributed by atoms with E-state index >= 15 is 0 Å². The fourth-order valence-corrected chi connectivity index (χ4v) is 19.3. The van der Waals surface area contributed by atoms with E-state index in [1.54, 1.807) is 4.90 Å². The van der Waals surface area contributed by atoms with Gasteiger partial charge in [-0.2, -0.15) is 0 Å². The van der Waals surface area contributed by atoms with Crippen LogP contribution in [-0.2, 0) is 68.8 Å². The van der Waals surface area contributed by atoms with Crippen molar-refractivity contribution in [1.82, 2.24) is 40.9 Å². The number of ketones is 4. The largest absolute Gasteiger partial charge is 0.493 e. The van der Waals surface area contributed by atoms with Crippen LogP contribution in [0.15, 0.2) is 170 Å². The van der Waals surface area contributed by atoms with Crippen molar-refractivity contribution in [2.75, 3.05) is 90.2 Å². The second-order valence-electron chi connectivity index (χ2n) is 37.4. The summed E-state index contributed by atoms with van der Waals surface area (Å²) in [6.45, 7) is 15.7. The summed E-state index contributed by atoms with van der Waals surface area (Å²) in [5, 5.41) is 12.0. The fraction of sp³-hybridized carbons (Fsp3) is 0.529. The molecule has 0 spiro atoms. The maximum atomic E-state index is 13.7. The second-order valence-corrected chi connectivity index (χ2v) is 37.4. The van der Waals surface area contributed by atoms with Crippen molar-refractivity contribution in [1.29, 1.82) is 0 Å². The van der Waals surface area contributed by atoms with Crippen molar-refractivity contribution in [2.24, 2.45) is 5.41 Å². The molecule has 4 aliphatic rings. The van der Waals surface area contributed by atoms with Crippen LogP contribution in [0.1, 0.15) is 298 Å². The van der Waals surface area contributed by atoms with Crippen molar-refractivity contribution in [3.8, 4) is 51.7 Å². The molecule has 814 valence electrons. The first-order valence-electron chi connectivity index (χ1n) is 51.4. The van der Waals surface area contributed by atoms with Gasteiger partial charge in [0.05, 0.1) is 70.0 Å². The van der Waals surface area contributed by atoms with Gasteiger partial charge in [-0.05, 0) is 239 Å². The lowest BCUT2D eigenvalue weighted by Gasteiger charge is -2.42. The van der Waals surface area contributed by atoms with Crippen LogP contribution in [-0.4, -0.2) is 228 Å². The normalized spacial score (nSPS) is 17.1. The van der Waals surface area contributed by atoms with E-state index in [-0.39, 0.29) is 134 Å². The van der Waals surface area contributed by atoms with Crippen molar-refractivity contribution in [2.45, 2.75) is 319 Å². The number of carbonyl (C=O) groups is 12. The minimum absolute atomic E-state index is 0. The highest BCUT2D eigenvalue weighted by Crippen LogP contribution is 2.43. The molecule has 7 aromatic carbocycles. The number of Topliss-reactive ketones (excluding diaryl/α,β-unsaturated/α-hetero) is 4. The van der Waals surface area contributed by atoms with Gasteiger partial charge in [0.1, 0.15) is 24.2 Å². The fourth-order valence-electron chi connectivity index (χ4n) is 19.3. The molecule has 29 heteroatoms. The summed E-state index contributed by atoms with van der Waals surface area (Å²) in [6, 6.07) is 46.4. The molecule has 4 fully saturated rings. The van der Waals surface area contributed by atoms with Crippen molar-refractivity contribution >= 4 is 70.4 Å². The minimum Gasteiger partial charge on any atom is -0.493 e. The number of piperidine rings is 4. The van der Waals surface area contributed by atoms with Crippen molar-refractivity contribution < 1.29 is 100 Å². The highest BCUT2D eigenvalue weighted by Gasteiger charge is 2.47. The maximum Gasteiger partial charge on any atom is 0.296 e. The van der Waals surface area contributed by atoms with Gasteiger partial charge in [0.2, 0.25) is 46.7 Å². The van der Waals surface area contributed by atoms with Gasteiger partial charge in [-0.15, -0.1) is 0 Å². The van der Waals surface area contributed by atoms with E-state index in [0.29, 0.717) is 82.0 Å². The highest BCUT2D eigenvalue weighted by molar-refractivity contribution is 6.44. The lowest BCUT2D eigenvalue weighted by Crippen LogP contribution is -2.59. The van der Waals surface area contributed by atoms with Crippen LogP contribution in [0.25, 0.3) is 0 Å².